The predicted octanol–water partition coefficient (Wildman–Crippen LogP) is 6.39. The van der Waals surface area contributed by atoms with Gasteiger partial charge in [-0.25, -0.2) is 9.50 Å². The maximum Gasteiger partial charge on any atom is 0.416 e. The van der Waals surface area contributed by atoms with Gasteiger partial charge in [-0.15, -0.1) is 5.10 Å². The first-order chi connectivity index (χ1) is 16.5. The Bertz CT molecular complexity index is 1420. The third-order valence-electron chi connectivity index (χ3n) is 5.20. The zero-order valence-corrected chi connectivity index (χ0v) is 20.8. The highest BCUT2D eigenvalue weighted by molar-refractivity contribution is 7.99. The highest BCUT2D eigenvalue weighted by atomic mass is 35.5. The molecule has 0 aliphatic carbocycles. The molecule has 4 aromatic rings. The molecule has 2 aromatic carbocycles. The summed E-state index contributed by atoms with van der Waals surface area (Å²) in [6.45, 7) is 3.80. The first-order valence-electron chi connectivity index (χ1n) is 10.3. The van der Waals surface area contributed by atoms with E-state index < -0.39 is 17.6 Å². The SMILES string of the molecule is Cc1nc2nc(SCC(=O)Nc3cc(C(F)(F)F)ccc3Cl)nn2c(C)c1Cc1cccc(Cl)c1. The van der Waals surface area contributed by atoms with E-state index in [1.165, 1.54) is 0 Å². The number of nitrogens with one attached hydrogen (secondary N) is 1. The predicted molar refractivity (Wildman–Crippen MR) is 130 cm³/mol. The van der Waals surface area contributed by atoms with E-state index in [4.69, 9.17) is 23.2 Å². The second-order valence-electron chi connectivity index (χ2n) is 7.70. The van der Waals surface area contributed by atoms with Crippen LogP contribution in [0.3, 0.4) is 0 Å². The van der Waals surface area contributed by atoms with Crippen LogP contribution in [-0.2, 0) is 17.4 Å². The molecule has 2 heterocycles. The number of hydrogen-bond donors (Lipinski definition) is 1. The minimum absolute atomic E-state index is 0.00439. The largest absolute Gasteiger partial charge is 0.416 e. The topological polar surface area (TPSA) is 72.2 Å². The number of carbonyl (C=O) groups is 1. The van der Waals surface area contributed by atoms with Crippen molar-refractivity contribution in [2.75, 3.05) is 11.1 Å². The standard InChI is InChI=1S/C23H18Cl2F3N5OS/c1-12-17(9-14-4-3-5-16(24)8-14)13(2)33-21(29-12)31-22(32-33)35-11-20(34)30-19-10-15(23(26,27)28)6-7-18(19)25/h3-8,10H,9,11H2,1-2H3,(H,30,34). The highest BCUT2D eigenvalue weighted by Gasteiger charge is 2.31. The summed E-state index contributed by atoms with van der Waals surface area (Å²) in [6, 6.07) is 10.3. The van der Waals surface area contributed by atoms with Crippen LogP contribution in [0.4, 0.5) is 18.9 Å². The van der Waals surface area contributed by atoms with Gasteiger partial charge >= 0.3 is 6.18 Å². The second kappa shape index (κ2) is 10.0. The van der Waals surface area contributed by atoms with E-state index in [9.17, 15) is 18.0 Å². The van der Waals surface area contributed by atoms with Crippen molar-refractivity contribution >= 4 is 52.3 Å². The Hall–Kier alpha value is -2.82. The number of hydrogen-bond acceptors (Lipinski definition) is 5. The molecule has 2 aromatic heterocycles. The number of benzene rings is 2. The van der Waals surface area contributed by atoms with Crippen LogP contribution >= 0.6 is 35.0 Å². The van der Waals surface area contributed by atoms with Crippen LogP contribution in [0.1, 0.15) is 28.1 Å². The zero-order chi connectivity index (χ0) is 25.3. The quantitative estimate of drug-likeness (QED) is 0.287. The van der Waals surface area contributed by atoms with Crippen molar-refractivity contribution in [3.8, 4) is 0 Å². The number of rotatable bonds is 6. The van der Waals surface area contributed by atoms with E-state index in [0.29, 0.717) is 22.4 Å². The van der Waals surface area contributed by atoms with Crippen LogP contribution in [0, 0.1) is 13.8 Å². The van der Waals surface area contributed by atoms with E-state index >= 15 is 0 Å². The van der Waals surface area contributed by atoms with Crippen molar-refractivity contribution in [2.24, 2.45) is 0 Å². The molecule has 0 saturated heterocycles. The maximum atomic E-state index is 12.9. The van der Waals surface area contributed by atoms with Crippen LogP contribution in [0.5, 0.6) is 0 Å². The number of alkyl halides is 3. The minimum atomic E-state index is -4.55. The molecule has 0 bridgehead atoms. The van der Waals surface area contributed by atoms with Gasteiger partial charge in [0.1, 0.15) is 0 Å². The van der Waals surface area contributed by atoms with Crippen LogP contribution in [-0.4, -0.2) is 31.2 Å². The van der Waals surface area contributed by atoms with E-state index in [1.54, 1.807) is 4.52 Å². The van der Waals surface area contributed by atoms with Gasteiger partial charge in [0.2, 0.25) is 11.1 Å². The van der Waals surface area contributed by atoms with Crippen molar-refractivity contribution in [3.05, 3.63) is 80.6 Å². The summed E-state index contributed by atoms with van der Waals surface area (Å²) in [5, 5.41) is 7.81. The summed E-state index contributed by atoms with van der Waals surface area (Å²) in [5.74, 6) is -0.284. The number of halogens is 5. The smallest absolute Gasteiger partial charge is 0.324 e. The molecular weight excluding hydrogens is 522 g/mol. The van der Waals surface area contributed by atoms with Crippen LogP contribution in [0.2, 0.25) is 10.0 Å². The van der Waals surface area contributed by atoms with Gasteiger partial charge < -0.3 is 5.32 Å². The zero-order valence-electron chi connectivity index (χ0n) is 18.5. The van der Waals surface area contributed by atoms with Crippen molar-refractivity contribution < 1.29 is 18.0 Å². The third-order valence-corrected chi connectivity index (χ3v) is 6.60. The average molecular weight is 540 g/mol. The summed E-state index contributed by atoms with van der Waals surface area (Å²) < 4.78 is 40.4. The molecule has 6 nitrogen and oxygen atoms in total. The first kappa shape index (κ1) is 25.3. The molecule has 0 fully saturated rings. The Morgan fingerprint density at radius 2 is 1.89 bits per heavy atom. The number of anilines is 1. The Labute approximate surface area is 212 Å². The second-order valence-corrected chi connectivity index (χ2v) is 9.49. The van der Waals surface area contributed by atoms with Gasteiger partial charge in [0, 0.05) is 22.8 Å². The molecule has 0 spiro atoms. The highest BCUT2D eigenvalue weighted by Crippen LogP contribution is 2.34. The van der Waals surface area contributed by atoms with Crippen LogP contribution in [0.15, 0.2) is 47.6 Å². The molecule has 1 N–H and O–H groups in total. The number of thioether (sulfide) groups is 1. The molecule has 0 unspecified atom stereocenters. The van der Waals surface area contributed by atoms with Gasteiger partial charge in [-0.3, -0.25) is 4.79 Å². The summed E-state index contributed by atoms with van der Waals surface area (Å²) >= 11 is 13.1. The fraction of sp³-hybridized carbons (Fsp3) is 0.217. The minimum Gasteiger partial charge on any atom is -0.324 e. The molecule has 0 aliphatic heterocycles. The Kier molecular flexibility index (Phi) is 7.25. The van der Waals surface area contributed by atoms with Crippen molar-refractivity contribution in [2.45, 2.75) is 31.6 Å². The third kappa shape index (κ3) is 5.88. The van der Waals surface area contributed by atoms with Crippen molar-refractivity contribution in [3.63, 3.8) is 0 Å². The molecule has 182 valence electrons. The molecule has 0 saturated carbocycles. The molecule has 12 heteroatoms. The monoisotopic (exact) mass is 539 g/mol. The van der Waals surface area contributed by atoms with Gasteiger partial charge in [0.05, 0.1) is 22.0 Å². The van der Waals surface area contributed by atoms with Crippen LogP contribution in [0.25, 0.3) is 5.78 Å². The molecule has 0 atom stereocenters. The van der Waals surface area contributed by atoms with E-state index in [-0.39, 0.29) is 16.5 Å². The molecule has 4 rings (SSSR count). The number of aromatic nitrogens is 4. The number of nitrogens with zero attached hydrogens (tertiary/aromatic N) is 4. The molecule has 35 heavy (non-hydrogen) atoms. The maximum absolute atomic E-state index is 12.9. The van der Waals surface area contributed by atoms with Crippen LogP contribution < -0.4 is 5.32 Å². The van der Waals surface area contributed by atoms with Crippen molar-refractivity contribution in [1.82, 2.24) is 19.6 Å². The van der Waals surface area contributed by atoms with Gasteiger partial charge in [-0.1, -0.05) is 47.1 Å². The molecule has 0 radical (unpaired) electrons. The lowest BCUT2D eigenvalue weighted by atomic mass is 10.0. The van der Waals surface area contributed by atoms with E-state index in [0.717, 1.165) is 52.5 Å². The lowest BCUT2D eigenvalue weighted by Crippen LogP contribution is -2.15. The first-order valence-corrected chi connectivity index (χ1v) is 12.0. The fourth-order valence-corrected chi connectivity index (χ4v) is 4.47. The summed E-state index contributed by atoms with van der Waals surface area (Å²) in [7, 11) is 0. The Balaban J connectivity index is 1.48. The van der Waals surface area contributed by atoms with Gasteiger partial charge in [-0.05, 0) is 55.3 Å². The summed E-state index contributed by atoms with van der Waals surface area (Å²) in [6.07, 6.45) is -3.93. The molecule has 0 aliphatic rings. The average Bonchev–Trinajstić information content (AvgIpc) is 3.19. The Morgan fingerprint density at radius 3 is 2.60 bits per heavy atom. The normalized spacial score (nSPS) is 11.7. The van der Waals surface area contributed by atoms with E-state index in [1.807, 2.05) is 38.1 Å². The summed E-state index contributed by atoms with van der Waals surface area (Å²) in [4.78, 5) is 21.3. The lowest BCUT2D eigenvalue weighted by Gasteiger charge is -2.11. The lowest BCUT2D eigenvalue weighted by molar-refractivity contribution is -0.137. The van der Waals surface area contributed by atoms with Crippen molar-refractivity contribution in [1.29, 1.82) is 0 Å². The fourth-order valence-electron chi connectivity index (χ4n) is 3.47. The molecular formula is C23H18Cl2F3N5OS. The Morgan fingerprint density at radius 1 is 1.11 bits per heavy atom. The number of aryl methyl sites for hydroxylation is 2. The van der Waals surface area contributed by atoms with E-state index in [2.05, 4.69) is 20.4 Å². The summed E-state index contributed by atoms with van der Waals surface area (Å²) in [5.41, 5.74) is 2.65. The number of fused-ring (bicyclic) bond motifs is 1. The van der Waals surface area contributed by atoms with Gasteiger partial charge in [0.25, 0.3) is 5.78 Å². The van der Waals surface area contributed by atoms with Gasteiger partial charge in [-0.2, -0.15) is 18.2 Å². The van der Waals surface area contributed by atoms with Gasteiger partial charge in [0.15, 0.2) is 0 Å². The number of amides is 1. The number of carbonyl (C=O) groups excluding carboxylic acids is 1. The molecule has 1 amide bonds.